The molecule has 3 aliphatic rings. The van der Waals surface area contributed by atoms with Crippen molar-refractivity contribution >= 4 is 92.6 Å². The van der Waals surface area contributed by atoms with Crippen LogP contribution in [0.5, 0.6) is 46.0 Å². The van der Waals surface area contributed by atoms with Gasteiger partial charge in [-0.25, -0.2) is 14.8 Å². The molecule has 0 saturated heterocycles. The minimum atomic E-state index is -1.10. The van der Waals surface area contributed by atoms with Crippen molar-refractivity contribution in [1.29, 1.82) is 0 Å². The van der Waals surface area contributed by atoms with Crippen molar-refractivity contribution < 1.29 is 57.4 Å². The summed E-state index contributed by atoms with van der Waals surface area (Å²) in [6, 6.07) is 53.3. The van der Waals surface area contributed by atoms with Crippen molar-refractivity contribution in [2.45, 2.75) is 0 Å². The molecule has 490 valence electrons. The minimum Gasteiger partial charge on any atom is -0.497 e. The molecule has 7 heterocycles. The SMILES string of the molecule is COc1ccc(-c2ccc(N(c3ccc(-c4ccc(OC)cc4OC)cc3)c3c4nc(c(-c5c(OC)cccc5OC)c5ccc([nH]5)c(C#Cc5sc(-c6ccc(C(=O)O)cc6)c6c5C(=O)N(C)C6=O)c5nc(c(-c6c(OC)cccc6OC)c6ccc3[nH]6)C=C5)C=C4)cc2)c(OC)c1. The van der Waals surface area contributed by atoms with Crippen molar-refractivity contribution in [3.05, 3.63) is 220 Å². The average Bonchev–Trinajstić information content (AvgIpc) is 1.63. The molecule has 19 heteroatoms. The predicted octanol–water partition coefficient (Wildman–Crippen LogP) is 16.9. The zero-order valence-corrected chi connectivity index (χ0v) is 55.9. The fourth-order valence-electron chi connectivity index (χ4n) is 12.8. The van der Waals surface area contributed by atoms with Crippen molar-refractivity contribution in [3.8, 4) is 113 Å². The van der Waals surface area contributed by atoms with Gasteiger partial charge in [0.15, 0.2) is 0 Å². The van der Waals surface area contributed by atoms with E-state index in [1.54, 1.807) is 69.0 Å². The van der Waals surface area contributed by atoms with Crippen LogP contribution < -0.4 is 42.8 Å². The third-order valence-electron chi connectivity index (χ3n) is 17.6. The van der Waals surface area contributed by atoms with E-state index < -0.39 is 17.8 Å². The maximum Gasteiger partial charge on any atom is 0.335 e. The Balaban J connectivity index is 1.09. The number of fused-ring (bicyclic) bond motifs is 9. The number of carboxylic acid groups (broad SMARTS) is 1. The Morgan fingerprint density at radius 2 is 0.879 bits per heavy atom. The Hall–Kier alpha value is -12.8. The summed E-state index contributed by atoms with van der Waals surface area (Å²) in [7, 11) is 14.4. The summed E-state index contributed by atoms with van der Waals surface area (Å²) in [6.07, 6.45) is 7.77. The van der Waals surface area contributed by atoms with Gasteiger partial charge in [-0.1, -0.05) is 54.5 Å². The Bertz CT molecular complexity index is 5230. The van der Waals surface area contributed by atoms with E-state index in [-0.39, 0.29) is 16.7 Å². The summed E-state index contributed by atoms with van der Waals surface area (Å²) in [6.45, 7) is 0. The number of thiophene rings is 1. The summed E-state index contributed by atoms with van der Waals surface area (Å²) < 4.78 is 47.8. The van der Waals surface area contributed by atoms with Crippen LogP contribution in [0.2, 0.25) is 0 Å². The molecule has 0 atom stereocenters. The summed E-state index contributed by atoms with van der Waals surface area (Å²) in [5.74, 6) is 9.32. The lowest BCUT2D eigenvalue weighted by Gasteiger charge is -2.27. The van der Waals surface area contributed by atoms with E-state index in [1.807, 2.05) is 121 Å². The molecule has 2 amide bonds. The van der Waals surface area contributed by atoms with E-state index in [0.717, 1.165) is 38.5 Å². The van der Waals surface area contributed by atoms with Crippen molar-refractivity contribution in [3.63, 3.8) is 0 Å². The molecule has 3 aliphatic heterocycles. The van der Waals surface area contributed by atoms with Gasteiger partial charge in [0.25, 0.3) is 11.8 Å². The van der Waals surface area contributed by atoms with Crippen LogP contribution in [0.1, 0.15) is 64.3 Å². The Kier molecular flexibility index (Phi) is 17.0. The number of carbonyl (C=O) groups is 3. The lowest BCUT2D eigenvalue weighted by atomic mass is 10.0. The van der Waals surface area contributed by atoms with Gasteiger partial charge in [-0.05, 0) is 156 Å². The number of hydrogen-bond acceptors (Lipinski definition) is 15. The summed E-state index contributed by atoms with van der Waals surface area (Å²) >= 11 is 1.18. The van der Waals surface area contributed by atoms with Gasteiger partial charge in [0, 0.05) is 68.7 Å². The number of H-pyrrole nitrogens is 2. The van der Waals surface area contributed by atoms with E-state index in [0.29, 0.717) is 140 Å². The number of anilines is 3. The van der Waals surface area contributed by atoms with Crippen LogP contribution in [0.3, 0.4) is 0 Å². The fraction of sp³-hybridized carbons (Fsp3) is 0.113. The van der Waals surface area contributed by atoms with Crippen LogP contribution in [-0.4, -0.2) is 112 Å². The van der Waals surface area contributed by atoms with Crippen LogP contribution in [0.4, 0.5) is 17.1 Å². The number of carbonyl (C=O) groups excluding carboxylic acids is 2. The third-order valence-corrected chi connectivity index (χ3v) is 18.8. The number of imide groups is 1. The second kappa shape index (κ2) is 26.4. The second-order valence-electron chi connectivity index (χ2n) is 22.9. The van der Waals surface area contributed by atoms with Crippen LogP contribution in [-0.2, 0) is 0 Å². The summed E-state index contributed by atoms with van der Waals surface area (Å²) in [5.41, 5.74) is 14.1. The molecule has 3 N–H and O–H groups in total. The number of ether oxygens (including phenoxy) is 8. The van der Waals surface area contributed by atoms with Gasteiger partial charge in [0.2, 0.25) is 0 Å². The van der Waals surface area contributed by atoms with E-state index in [9.17, 15) is 19.5 Å². The normalized spacial score (nSPS) is 12.0. The van der Waals surface area contributed by atoms with E-state index in [4.69, 9.17) is 47.9 Å². The van der Waals surface area contributed by atoms with Gasteiger partial charge in [-0.2, -0.15) is 0 Å². The van der Waals surface area contributed by atoms with Gasteiger partial charge in [-0.3, -0.25) is 14.5 Å². The lowest BCUT2D eigenvalue weighted by Crippen LogP contribution is -2.24. The lowest BCUT2D eigenvalue weighted by molar-refractivity contribution is 0.0682. The Labute approximate surface area is 573 Å². The molecular formula is C80H62N6O12S. The molecule has 8 bridgehead atoms. The number of aromatic carboxylic acids is 1. The fourth-order valence-corrected chi connectivity index (χ4v) is 13.9. The van der Waals surface area contributed by atoms with Crippen molar-refractivity contribution in [2.24, 2.45) is 0 Å². The van der Waals surface area contributed by atoms with E-state index in [2.05, 4.69) is 75.2 Å². The zero-order valence-electron chi connectivity index (χ0n) is 55.1. The molecule has 4 aromatic heterocycles. The smallest absolute Gasteiger partial charge is 0.335 e. The van der Waals surface area contributed by atoms with Gasteiger partial charge in [-0.15, -0.1) is 11.3 Å². The van der Waals surface area contributed by atoms with Gasteiger partial charge >= 0.3 is 5.97 Å². The molecule has 14 rings (SSSR count). The molecule has 7 aromatic carbocycles. The topological polar surface area (TPSA) is 209 Å². The molecule has 0 fully saturated rings. The minimum absolute atomic E-state index is 0.0707. The number of methoxy groups -OCH3 is 8. The average molecular weight is 1330 g/mol. The Morgan fingerprint density at radius 1 is 0.444 bits per heavy atom. The number of benzene rings is 7. The number of amides is 2. The van der Waals surface area contributed by atoms with Crippen LogP contribution >= 0.6 is 11.3 Å². The first-order valence-corrected chi connectivity index (χ1v) is 32.0. The van der Waals surface area contributed by atoms with Crippen LogP contribution in [0, 0.1) is 11.8 Å². The van der Waals surface area contributed by atoms with E-state index >= 15 is 0 Å². The molecule has 0 spiro atoms. The number of hydrogen-bond donors (Lipinski definition) is 3. The van der Waals surface area contributed by atoms with Crippen LogP contribution in [0.15, 0.2) is 170 Å². The quantitative estimate of drug-likeness (QED) is 0.0572. The number of aromatic amines is 2. The third kappa shape index (κ3) is 11.3. The standard InChI is InChI=1S/C80H62N6O12S/c1-85-78(87)74-69(99-77(75(74)79(85)88)46-16-18-47(19-17-46)80(89)90)41-32-54-55-33-35-57(81-55)70(72-63(93-4)12-10-13-64(72)94-5)59-37-39-61(83-59)76(62-40-38-60(84-62)71(58-36-34-56(54)82-58)73-65(95-6)14-11-15-66(73)96-7)86(48-24-20-44(21-25-48)52-30-28-50(91-2)42-67(52)97-8)49-26-22-45(23-27-49)53-31-29-51(92-3)43-68(53)98-9/h10-31,33-40,42-43,81,84H,1-9H3,(H,89,90). The number of nitrogens with one attached hydrogen (secondary N) is 2. The molecule has 0 unspecified atom stereocenters. The molecule has 0 radical (unpaired) electrons. The Morgan fingerprint density at radius 3 is 1.36 bits per heavy atom. The summed E-state index contributed by atoms with van der Waals surface area (Å²) in [4.78, 5) is 62.9. The van der Waals surface area contributed by atoms with Gasteiger partial charge < -0.3 is 57.9 Å². The highest BCUT2D eigenvalue weighted by Crippen LogP contribution is 2.49. The maximum absolute atomic E-state index is 14.2. The predicted molar refractivity (Wildman–Crippen MR) is 387 cm³/mol. The molecule has 18 nitrogen and oxygen atoms in total. The molecule has 99 heavy (non-hydrogen) atoms. The maximum atomic E-state index is 14.2. The first-order valence-electron chi connectivity index (χ1n) is 31.2. The molecular weight excluding hydrogens is 1270 g/mol. The van der Waals surface area contributed by atoms with Crippen molar-refractivity contribution in [1.82, 2.24) is 24.8 Å². The monoisotopic (exact) mass is 1330 g/mol. The van der Waals surface area contributed by atoms with Crippen LogP contribution in [0.25, 0.3) is 101 Å². The first-order chi connectivity index (χ1) is 48.3. The van der Waals surface area contributed by atoms with Gasteiger partial charge in [0.05, 0.1) is 135 Å². The highest BCUT2D eigenvalue weighted by atomic mass is 32.1. The number of nitrogens with zero attached hydrogens (tertiary/aromatic N) is 4. The summed E-state index contributed by atoms with van der Waals surface area (Å²) in [5, 5.41) is 9.74. The highest BCUT2D eigenvalue weighted by molar-refractivity contribution is 7.17. The molecule has 0 saturated carbocycles. The van der Waals surface area contributed by atoms with Gasteiger partial charge in [0.1, 0.15) is 46.0 Å². The number of carboxylic acids is 1. The number of aromatic nitrogens is 4. The van der Waals surface area contributed by atoms with Crippen molar-refractivity contribution in [2.75, 3.05) is 68.8 Å². The zero-order chi connectivity index (χ0) is 68.8. The highest BCUT2D eigenvalue weighted by Gasteiger charge is 2.40. The molecule has 11 aromatic rings. The first kappa shape index (κ1) is 63.6. The molecule has 0 aliphatic carbocycles. The number of rotatable bonds is 17. The van der Waals surface area contributed by atoms with E-state index in [1.165, 1.54) is 30.5 Å². The largest absolute Gasteiger partial charge is 0.497 e. The second-order valence-corrected chi connectivity index (χ2v) is 23.9.